The third kappa shape index (κ3) is 4.67. The average molecular weight is 687 g/mol. The van der Waals surface area contributed by atoms with Gasteiger partial charge >= 0.3 is 0 Å². The molecule has 252 valence electrons. The van der Waals surface area contributed by atoms with Gasteiger partial charge in [-0.2, -0.15) is 0 Å². The molecular formula is C52H34N2. The second kappa shape index (κ2) is 12.2. The SMILES string of the molecule is c1ccc(-c2ccc3c(N(c4cccc5c4ccc4c6ccccc6ccc54)c4cccc5c6ccccc6n(-c6ccccc6)c45)cccc3c2)cc1. The molecule has 0 fully saturated rings. The van der Waals surface area contributed by atoms with Gasteiger partial charge < -0.3 is 9.47 Å². The van der Waals surface area contributed by atoms with Gasteiger partial charge in [-0.05, 0) is 85.9 Å². The summed E-state index contributed by atoms with van der Waals surface area (Å²) in [7, 11) is 0. The summed E-state index contributed by atoms with van der Waals surface area (Å²) in [6.07, 6.45) is 0. The number of para-hydroxylation sites is 3. The Hall–Kier alpha value is -7.16. The van der Waals surface area contributed by atoms with Crippen LogP contribution in [-0.4, -0.2) is 4.57 Å². The first kappa shape index (κ1) is 30.5. The zero-order valence-electron chi connectivity index (χ0n) is 29.5. The summed E-state index contributed by atoms with van der Waals surface area (Å²) >= 11 is 0. The van der Waals surface area contributed by atoms with E-state index in [1.165, 1.54) is 76.0 Å². The zero-order chi connectivity index (χ0) is 35.6. The Morgan fingerprint density at radius 2 is 0.852 bits per heavy atom. The molecular weight excluding hydrogens is 653 g/mol. The topological polar surface area (TPSA) is 8.17 Å². The lowest BCUT2D eigenvalue weighted by Crippen LogP contribution is -2.12. The number of aromatic nitrogens is 1. The maximum Gasteiger partial charge on any atom is 0.0782 e. The second-order valence-electron chi connectivity index (χ2n) is 14.1. The number of hydrogen-bond donors (Lipinski definition) is 0. The van der Waals surface area contributed by atoms with Crippen LogP contribution in [0, 0.1) is 0 Å². The Kier molecular flexibility index (Phi) is 6.90. The van der Waals surface area contributed by atoms with Crippen molar-refractivity contribution in [3.63, 3.8) is 0 Å². The van der Waals surface area contributed by atoms with E-state index in [1.54, 1.807) is 0 Å². The van der Waals surface area contributed by atoms with E-state index in [0.717, 1.165) is 22.7 Å². The smallest absolute Gasteiger partial charge is 0.0782 e. The number of benzene rings is 10. The normalized spacial score (nSPS) is 11.7. The molecule has 0 aliphatic heterocycles. The highest BCUT2D eigenvalue weighted by atomic mass is 15.2. The van der Waals surface area contributed by atoms with Crippen LogP contribution in [0.4, 0.5) is 17.1 Å². The molecule has 54 heavy (non-hydrogen) atoms. The Labute approximate surface area is 313 Å². The third-order valence-electron chi connectivity index (χ3n) is 11.1. The Balaban J connectivity index is 1.25. The highest BCUT2D eigenvalue weighted by molar-refractivity contribution is 6.21. The largest absolute Gasteiger partial charge is 0.307 e. The molecule has 0 radical (unpaired) electrons. The zero-order valence-corrected chi connectivity index (χ0v) is 29.5. The van der Waals surface area contributed by atoms with Crippen LogP contribution in [0.3, 0.4) is 0 Å². The molecule has 0 atom stereocenters. The van der Waals surface area contributed by atoms with Crippen molar-refractivity contribution < 1.29 is 0 Å². The molecule has 0 saturated carbocycles. The van der Waals surface area contributed by atoms with Crippen molar-refractivity contribution in [1.29, 1.82) is 0 Å². The lowest BCUT2D eigenvalue weighted by molar-refractivity contribution is 1.17. The van der Waals surface area contributed by atoms with Gasteiger partial charge in [0.15, 0.2) is 0 Å². The first-order valence-electron chi connectivity index (χ1n) is 18.6. The molecule has 0 aliphatic carbocycles. The van der Waals surface area contributed by atoms with Crippen molar-refractivity contribution in [2.24, 2.45) is 0 Å². The third-order valence-corrected chi connectivity index (χ3v) is 11.1. The van der Waals surface area contributed by atoms with E-state index in [1.807, 2.05) is 0 Å². The number of hydrogen-bond acceptors (Lipinski definition) is 1. The van der Waals surface area contributed by atoms with Crippen molar-refractivity contribution >= 4 is 82.0 Å². The van der Waals surface area contributed by atoms with E-state index in [9.17, 15) is 0 Å². The van der Waals surface area contributed by atoms with Gasteiger partial charge in [0, 0.05) is 27.2 Å². The van der Waals surface area contributed by atoms with E-state index in [-0.39, 0.29) is 0 Å². The molecule has 0 bridgehead atoms. The molecule has 0 spiro atoms. The summed E-state index contributed by atoms with van der Waals surface area (Å²) in [5.74, 6) is 0. The predicted octanol–water partition coefficient (Wildman–Crippen LogP) is 14.5. The van der Waals surface area contributed by atoms with E-state index < -0.39 is 0 Å². The number of nitrogens with zero attached hydrogens (tertiary/aromatic N) is 2. The molecule has 0 unspecified atom stereocenters. The summed E-state index contributed by atoms with van der Waals surface area (Å²) in [5.41, 5.74) is 9.32. The Morgan fingerprint density at radius 1 is 0.296 bits per heavy atom. The summed E-state index contributed by atoms with van der Waals surface area (Å²) in [4.78, 5) is 2.51. The molecule has 2 nitrogen and oxygen atoms in total. The fourth-order valence-corrected chi connectivity index (χ4v) is 8.72. The van der Waals surface area contributed by atoms with E-state index in [2.05, 4.69) is 216 Å². The van der Waals surface area contributed by atoms with Crippen LogP contribution < -0.4 is 4.90 Å². The highest BCUT2D eigenvalue weighted by Gasteiger charge is 2.24. The molecule has 2 heteroatoms. The molecule has 0 N–H and O–H groups in total. The molecule has 1 heterocycles. The summed E-state index contributed by atoms with van der Waals surface area (Å²) in [6, 6.07) is 75.4. The van der Waals surface area contributed by atoms with Crippen molar-refractivity contribution in [1.82, 2.24) is 4.57 Å². The standard InChI is InChI=1S/C52H34N2/c1-3-14-35(15-4-1)37-29-30-41-38(34-37)17-11-25-48(41)54(50-26-12-22-42-44-31-28-36-16-7-8-20-40(36)43(44)32-33-46(42)50)51-27-13-23-47-45-21-9-10-24-49(45)53(52(47)51)39-18-5-2-6-19-39/h1-34H. The van der Waals surface area contributed by atoms with Crippen LogP contribution in [0.25, 0.3) is 81.7 Å². The van der Waals surface area contributed by atoms with Gasteiger partial charge in [-0.25, -0.2) is 0 Å². The van der Waals surface area contributed by atoms with Crippen molar-refractivity contribution in [2.45, 2.75) is 0 Å². The monoisotopic (exact) mass is 686 g/mol. The lowest BCUT2D eigenvalue weighted by atomic mass is 9.95. The van der Waals surface area contributed by atoms with Crippen LogP contribution in [-0.2, 0) is 0 Å². The van der Waals surface area contributed by atoms with Crippen LogP contribution in [0.5, 0.6) is 0 Å². The van der Waals surface area contributed by atoms with E-state index >= 15 is 0 Å². The minimum atomic E-state index is 1.12. The molecule has 1 aromatic heterocycles. The highest BCUT2D eigenvalue weighted by Crippen LogP contribution is 2.48. The van der Waals surface area contributed by atoms with Crippen LogP contribution >= 0.6 is 0 Å². The van der Waals surface area contributed by atoms with Crippen LogP contribution in [0.1, 0.15) is 0 Å². The first-order chi connectivity index (χ1) is 26.8. The Bertz CT molecular complexity index is 3210. The molecule has 10 aromatic carbocycles. The van der Waals surface area contributed by atoms with Crippen molar-refractivity contribution in [3.8, 4) is 16.8 Å². The summed E-state index contributed by atoms with van der Waals surface area (Å²) in [6.45, 7) is 0. The fourth-order valence-electron chi connectivity index (χ4n) is 8.72. The molecule has 11 aromatic rings. The second-order valence-corrected chi connectivity index (χ2v) is 14.1. The fraction of sp³-hybridized carbons (Fsp3) is 0. The summed E-state index contributed by atoms with van der Waals surface area (Å²) < 4.78 is 2.44. The van der Waals surface area contributed by atoms with Gasteiger partial charge in [0.05, 0.1) is 28.1 Å². The number of fused-ring (bicyclic) bond motifs is 9. The molecule has 0 amide bonds. The number of anilines is 3. The minimum absolute atomic E-state index is 1.12. The maximum absolute atomic E-state index is 2.51. The molecule has 0 saturated heterocycles. The van der Waals surface area contributed by atoms with Gasteiger partial charge in [0.2, 0.25) is 0 Å². The van der Waals surface area contributed by atoms with Crippen LogP contribution in [0.2, 0.25) is 0 Å². The minimum Gasteiger partial charge on any atom is -0.307 e. The van der Waals surface area contributed by atoms with Crippen molar-refractivity contribution in [2.75, 3.05) is 4.90 Å². The first-order valence-corrected chi connectivity index (χ1v) is 18.6. The molecule has 0 aliphatic rings. The molecule has 11 rings (SSSR count). The van der Waals surface area contributed by atoms with Gasteiger partial charge in [-0.3, -0.25) is 0 Å². The Morgan fingerprint density at radius 3 is 1.70 bits per heavy atom. The quantitative estimate of drug-likeness (QED) is 0.164. The number of rotatable bonds is 5. The van der Waals surface area contributed by atoms with E-state index in [4.69, 9.17) is 0 Å². The van der Waals surface area contributed by atoms with Crippen LogP contribution in [0.15, 0.2) is 206 Å². The predicted molar refractivity (Wildman–Crippen MR) is 231 cm³/mol. The van der Waals surface area contributed by atoms with Gasteiger partial charge in [-0.1, -0.05) is 164 Å². The van der Waals surface area contributed by atoms with E-state index in [0.29, 0.717) is 0 Å². The maximum atomic E-state index is 2.51. The van der Waals surface area contributed by atoms with Crippen molar-refractivity contribution in [3.05, 3.63) is 206 Å². The van der Waals surface area contributed by atoms with Gasteiger partial charge in [0.25, 0.3) is 0 Å². The summed E-state index contributed by atoms with van der Waals surface area (Å²) in [5, 5.41) is 12.4. The van der Waals surface area contributed by atoms with Gasteiger partial charge in [0.1, 0.15) is 0 Å². The van der Waals surface area contributed by atoms with Gasteiger partial charge in [-0.15, -0.1) is 0 Å². The lowest BCUT2D eigenvalue weighted by Gasteiger charge is -2.29. The average Bonchev–Trinajstić information content (AvgIpc) is 3.59.